The Morgan fingerprint density at radius 1 is 0.960 bits per heavy atom. The monoisotopic (exact) mass is 380 g/mol. The molecule has 3 rings (SSSR count). The minimum Gasteiger partial charge on any atom is -0.402 e. The highest BCUT2D eigenvalue weighted by Crippen LogP contribution is 2.50. The third-order valence-electron chi connectivity index (χ3n) is 5.87. The van der Waals surface area contributed by atoms with Gasteiger partial charge in [-0.2, -0.15) is 0 Å². The van der Waals surface area contributed by atoms with Crippen LogP contribution in [0.5, 0.6) is 0 Å². The van der Waals surface area contributed by atoms with Crippen molar-refractivity contribution in [2.24, 2.45) is 0 Å². The lowest BCUT2D eigenvalue weighted by molar-refractivity contribution is 0.00578. The summed E-state index contributed by atoms with van der Waals surface area (Å²) in [4.78, 5) is 2.96. The second-order valence-corrected chi connectivity index (χ2v) is 11.1. The van der Waals surface area contributed by atoms with Crippen LogP contribution in [0.25, 0.3) is 0 Å². The quantitative estimate of drug-likeness (QED) is 0.377. The van der Waals surface area contributed by atoms with E-state index in [0.29, 0.717) is 5.15 Å². The third-order valence-corrected chi connectivity index (χ3v) is 8.76. The summed E-state index contributed by atoms with van der Waals surface area (Å²) >= 11 is 4.06. The largest absolute Gasteiger partial charge is 0.472 e. The molecule has 3 heterocycles. The molecule has 140 valence electrons. The van der Waals surface area contributed by atoms with E-state index in [-0.39, 0.29) is 18.3 Å². The second-order valence-electron chi connectivity index (χ2n) is 8.48. The molecule has 3 aliphatic heterocycles. The maximum absolute atomic E-state index is 6.25. The molecule has 0 N–H and O–H groups in total. The van der Waals surface area contributed by atoms with Crippen LogP contribution in [-0.4, -0.2) is 28.7 Å². The molecule has 0 spiro atoms. The van der Waals surface area contributed by atoms with Gasteiger partial charge in [0.25, 0.3) is 0 Å². The molecular weight excluding hydrogens is 347 g/mol. The SMILES string of the molecule is CCCCCCC1CC=C(C2=CCC(B3OC(C)(C)C(C)(C)O3)S2)S1. The van der Waals surface area contributed by atoms with Crippen LogP contribution in [0.4, 0.5) is 0 Å². The molecule has 0 aromatic carbocycles. The summed E-state index contributed by atoms with van der Waals surface area (Å²) in [6.45, 7) is 10.8. The van der Waals surface area contributed by atoms with Gasteiger partial charge < -0.3 is 9.31 Å². The van der Waals surface area contributed by atoms with Gasteiger partial charge in [-0.1, -0.05) is 44.8 Å². The summed E-state index contributed by atoms with van der Waals surface area (Å²) in [7, 11) is -0.0967. The van der Waals surface area contributed by atoms with Crippen molar-refractivity contribution >= 4 is 30.6 Å². The van der Waals surface area contributed by atoms with Gasteiger partial charge >= 0.3 is 7.12 Å². The zero-order chi connectivity index (χ0) is 18.1. The van der Waals surface area contributed by atoms with Crippen LogP contribution in [-0.2, 0) is 9.31 Å². The topological polar surface area (TPSA) is 18.5 Å². The lowest BCUT2D eigenvalue weighted by atomic mass is 9.82. The summed E-state index contributed by atoms with van der Waals surface area (Å²) in [6, 6.07) is 0. The van der Waals surface area contributed by atoms with Crippen molar-refractivity contribution in [1.29, 1.82) is 0 Å². The molecule has 5 heteroatoms. The molecule has 0 radical (unpaired) electrons. The van der Waals surface area contributed by atoms with E-state index in [2.05, 4.69) is 58.5 Å². The fourth-order valence-electron chi connectivity index (χ4n) is 3.50. The average Bonchev–Trinajstić information content (AvgIpc) is 3.22. The fourth-order valence-corrected chi connectivity index (χ4v) is 6.15. The molecule has 2 unspecified atom stereocenters. The van der Waals surface area contributed by atoms with Crippen molar-refractivity contribution < 1.29 is 9.31 Å². The summed E-state index contributed by atoms with van der Waals surface area (Å²) in [5.74, 6) is 0. The Hall–Kier alpha value is 0.165. The Labute approximate surface area is 163 Å². The molecule has 3 aliphatic rings. The lowest BCUT2D eigenvalue weighted by Crippen LogP contribution is -2.41. The van der Waals surface area contributed by atoms with Crippen molar-refractivity contribution in [2.75, 3.05) is 0 Å². The second kappa shape index (κ2) is 8.04. The molecule has 0 aromatic rings. The van der Waals surface area contributed by atoms with Gasteiger partial charge in [0.05, 0.1) is 11.2 Å². The highest BCUT2D eigenvalue weighted by atomic mass is 32.2. The number of hydrogen-bond donors (Lipinski definition) is 0. The van der Waals surface area contributed by atoms with Crippen LogP contribution in [0.2, 0.25) is 0 Å². The van der Waals surface area contributed by atoms with Crippen LogP contribution in [0.1, 0.15) is 79.6 Å². The molecule has 0 amide bonds. The Morgan fingerprint density at radius 3 is 2.28 bits per heavy atom. The molecule has 0 saturated carbocycles. The zero-order valence-electron chi connectivity index (χ0n) is 16.5. The van der Waals surface area contributed by atoms with Crippen molar-refractivity contribution in [3.8, 4) is 0 Å². The standard InChI is InChI=1S/C20H33BO2S2/c1-6-7-8-9-10-15-11-12-16(24-15)17-13-14-18(25-17)21-22-19(2,3)20(4,5)23-21/h12-13,15,18H,6-11,14H2,1-5H3. The summed E-state index contributed by atoms with van der Waals surface area (Å²) < 4.78 is 12.5. The van der Waals surface area contributed by atoms with E-state index in [1.807, 2.05) is 11.8 Å². The normalized spacial score (nSPS) is 30.7. The number of thioether (sulfide) groups is 2. The van der Waals surface area contributed by atoms with Gasteiger partial charge in [0.2, 0.25) is 0 Å². The van der Waals surface area contributed by atoms with Crippen molar-refractivity contribution in [3.05, 3.63) is 22.0 Å². The number of hydrogen-bond acceptors (Lipinski definition) is 4. The van der Waals surface area contributed by atoms with E-state index in [1.165, 1.54) is 48.3 Å². The summed E-state index contributed by atoms with van der Waals surface area (Å²) in [6.07, 6.45) is 14.0. The van der Waals surface area contributed by atoms with E-state index in [1.54, 1.807) is 0 Å². The number of allylic oxidation sites excluding steroid dienone is 2. The Bertz CT molecular complexity index is 526. The van der Waals surface area contributed by atoms with Gasteiger partial charge in [0, 0.05) is 20.2 Å². The molecule has 2 atom stereocenters. The first kappa shape index (κ1) is 19.9. The average molecular weight is 380 g/mol. The van der Waals surface area contributed by atoms with E-state index in [9.17, 15) is 0 Å². The first-order chi connectivity index (χ1) is 11.8. The van der Waals surface area contributed by atoms with E-state index >= 15 is 0 Å². The Kier molecular flexibility index (Phi) is 6.40. The Balaban J connectivity index is 1.46. The van der Waals surface area contributed by atoms with E-state index in [0.717, 1.165) is 11.7 Å². The highest BCUT2D eigenvalue weighted by Gasteiger charge is 2.54. The van der Waals surface area contributed by atoms with Gasteiger partial charge in [0.15, 0.2) is 0 Å². The molecule has 0 aromatic heterocycles. The first-order valence-electron chi connectivity index (χ1n) is 9.92. The smallest absolute Gasteiger partial charge is 0.402 e. The van der Waals surface area contributed by atoms with Crippen LogP contribution in [0, 0.1) is 0 Å². The predicted molar refractivity (Wildman–Crippen MR) is 113 cm³/mol. The molecular formula is C20H33BO2S2. The maximum Gasteiger partial charge on any atom is 0.472 e. The van der Waals surface area contributed by atoms with Gasteiger partial charge in [-0.15, -0.1) is 23.5 Å². The molecule has 0 aliphatic carbocycles. The predicted octanol–water partition coefficient (Wildman–Crippen LogP) is 6.37. The molecule has 1 fully saturated rings. The van der Waals surface area contributed by atoms with Gasteiger partial charge in [-0.05, 0) is 47.0 Å². The third kappa shape index (κ3) is 4.53. The molecule has 1 saturated heterocycles. The van der Waals surface area contributed by atoms with Crippen LogP contribution in [0.15, 0.2) is 22.0 Å². The number of rotatable bonds is 7. The van der Waals surface area contributed by atoms with Crippen LogP contribution < -0.4 is 0 Å². The minimum absolute atomic E-state index is 0.0967. The van der Waals surface area contributed by atoms with Gasteiger partial charge in [0.1, 0.15) is 0 Å². The minimum atomic E-state index is -0.230. The summed E-state index contributed by atoms with van der Waals surface area (Å²) in [5.41, 5.74) is -0.460. The lowest BCUT2D eigenvalue weighted by Gasteiger charge is -2.32. The fraction of sp³-hybridized carbons (Fsp3) is 0.800. The van der Waals surface area contributed by atoms with Crippen molar-refractivity contribution in [2.45, 2.75) is 101 Å². The first-order valence-corrected chi connectivity index (χ1v) is 11.7. The van der Waals surface area contributed by atoms with Crippen LogP contribution >= 0.6 is 23.5 Å². The highest BCUT2D eigenvalue weighted by molar-refractivity contribution is 8.09. The van der Waals surface area contributed by atoms with Gasteiger partial charge in [-0.25, -0.2) is 0 Å². The van der Waals surface area contributed by atoms with E-state index in [4.69, 9.17) is 9.31 Å². The number of unbranched alkanes of at least 4 members (excludes halogenated alkanes) is 3. The maximum atomic E-state index is 6.25. The summed E-state index contributed by atoms with van der Waals surface area (Å²) in [5, 5.41) is 1.19. The molecule has 25 heavy (non-hydrogen) atoms. The van der Waals surface area contributed by atoms with E-state index < -0.39 is 0 Å². The molecule has 2 nitrogen and oxygen atoms in total. The molecule has 0 bridgehead atoms. The Morgan fingerprint density at radius 2 is 1.60 bits per heavy atom. The van der Waals surface area contributed by atoms with Crippen molar-refractivity contribution in [3.63, 3.8) is 0 Å². The zero-order valence-corrected chi connectivity index (χ0v) is 18.1. The van der Waals surface area contributed by atoms with Crippen molar-refractivity contribution in [1.82, 2.24) is 0 Å². The van der Waals surface area contributed by atoms with Gasteiger partial charge in [-0.3, -0.25) is 0 Å². The van der Waals surface area contributed by atoms with Crippen LogP contribution in [0.3, 0.4) is 0 Å².